The molecule has 0 fully saturated rings. The number of carbonyl (C=O) groups is 1. The Bertz CT molecular complexity index is 1230. The SMILES string of the molecule is O=C(N/N=C/c1ccc(Oc2ccc([N+](=O)[O-])cc2[N+](=O)[O-])cc1)c1ccc(I)c(O)c1. The van der Waals surface area contributed by atoms with Gasteiger partial charge in [0.2, 0.25) is 5.75 Å². The van der Waals surface area contributed by atoms with Gasteiger partial charge in [0.05, 0.1) is 25.7 Å². The lowest BCUT2D eigenvalue weighted by Gasteiger charge is -2.06. The maximum atomic E-state index is 12.1. The minimum atomic E-state index is -0.764. The minimum Gasteiger partial charge on any atom is -0.507 e. The van der Waals surface area contributed by atoms with Crippen LogP contribution in [-0.4, -0.2) is 27.1 Å². The van der Waals surface area contributed by atoms with Crippen LogP contribution < -0.4 is 10.2 Å². The third kappa shape index (κ3) is 5.54. The molecule has 0 spiro atoms. The van der Waals surface area contributed by atoms with Gasteiger partial charge < -0.3 is 9.84 Å². The molecule has 0 bridgehead atoms. The summed E-state index contributed by atoms with van der Waals surface area (Å²) >= 11 is 1.94. The molecule has 2 N–H and O–H groups in total. The van der Waals surface area contributed by atoms with E-state index in [0.29, 0.717) is 9.13 Å². The first kappa shape index (κ1) is 22.6. The lowest BCUT2D eigenvalue weighted by atomic mass is 10.2. The number of nitrogens with one attached hydrogen (secondary N) is 1. The molecule has 1 amide bonds. The van der Waals surface area contributed by atoms with Crippen LogP contribution >= 0.6 is 22.6 Å². The van der Waals surface area contributed by atoms with Crippen LogP contribution in [0.3, 0.4) is 0 Å². The van der Waals surface area contributed by atoms with Crippen LogP contribution in [0.1, 0.15) is 15.9 Å². The van der Waals surface area contributed by atoms with Crippen LogP contribution in [0.25, 0.3) is 0 Å². The van der Waals surface area contributed by atoms with Crippen molar-refractivity contribution in [1.82, 2.24) is 5.43 Å². The summed E-state index contributed by atoms with van der Waals surface area (Å²) in [7, 11) is 0. The predicted molar refractivity (Wildman–Crippen MR) is 122 cm³/mol. The van der Waals surface area contributed by atoms with E-state index in [1.54, 1.807) is 24.3 Å². The summed E-state index contributed by atoms with van der Waals surface area (Å²) < 4.78 is 6.09. The topological polar surface area (TPSA) is 157 Å². The van der Waals surface area contributed by atoms with Crippen molar-refractivity contribution in [1.29, 1.82) is 0 Å². The second-order valence-corrected chi connectivity index (χ2v) is 7.36. The van der Waals surface area contributed by atoms with Crippen molar-refractivity contribution in [3.63, 3.8) is 0 Å². The second-order valence-electron chi connectivity index (χ2n) is 6.20. The van der Waals surface area contributed by atoms with Crippen LogP contribution in [0, 0.1) is 23.8 Å². The first-order chi connectivity index (χ1) is 15.2. The Kier molecular flexibility index (Phi) is 6.94. The molecule has 0 aliphatic carbocycles. The number of non-ortho nitro benzene ring substituents is 1. The van der Waals surface area contributed by atoms with Crippen molar-refractivity contribution in [3.8, 4) is 17.2 Å². The van der Waals surface area contributed by atoms with Crippen molar-refractivity contribution in [2.75, 3.05) is 0 Å². The maximum Gasteiger partial charge on any atom is 0.318 e. The Morgan fingerprint density at radius 3 is 2.38 bits per heavy atom. The van der Waals surface area contributed by atoms with Gasteiger partial charge >= 0.3 is 5.69 Å². The summed E-state index contributed by atoms with van der Waals surface area (Å²) in [6.45, 7) is 0. The van der Waals surface area contributed by atoms with E-state index < -0.39 is 27.1 Å². The monoisotopic (exact) mass is 548 g/mol. The van der Waals surface area contributed by atoms with Gasteiger partial charge in [-0.25, -0.2) is 5.43 Å². The van der Waals surface area contributed by atoms with Gasteiger partial charge in [0.25, 0.3) is 11.6 Å². The number of benzene rings is 3. The quantitative estimate of drug-likeness (QED) is 0.192. The Morgan fingerprint density at radius 2 is 1.75 bits per heavy atom. The predicted octanol–water partition coefficient (Wildman–Crippen LogP) is 4.37. The first-order valence-corrected chi connectivity index (χ1v) is 9.85. The van der Waals surface area contributed by atoms with Gasteiger partial charge in [0, 0.05) is 11.6 Å². The Morgan fingerprint density at radius 1 is 1.03 bits per heavy atom. The van der Waals surface area contributed by atoms with E-state index in [9.17, 15) is 30.1 Å². The molecule has 0 atom stereocenters. The number of rotatable bonds is 7. The number of nitrogens with zero attached hydrogens (tertiary/aromatic N) is 3. The largest absolute Gasteiger partial charge is 0.507 e. The first-order valence-electron chi connectivity index (χ1n) is 8.77. The number of ether oxygens (including phenoxy) is 1. The highest BCUT2D eigenvalue weighted by atomic mass is 127. The van der Waals surface area contributed by atoms with Gasteiger partial charge in [-0.3, -0.25) is 25.0 Å². The Labute approximate surface area is 193 Å². The highest BCUT2D eigenvalue weighted by molar-refractivity contribution is 14.1. The molecule has 32 heavy (non-hydrogen) atoms. The molecule has 0 radical (unpaired) electrons. The molecule has 12 heteroatoms. The smallest absolute Gasteiger partial charge is 0.318 e. The van der Waals surface area contributed by atoms with Gasteiger partial charge in [-0.15, -0.1) is 0 Å². The van der Waals surface area contributed by atoms with E-state index >= 15 is 0 Å². The number of amides is 1. The molecule has 3 rings (SSSR count). The zero-order valence-corrected chi connectivity index (χ0v) is 18.1. The van der Waals surface area contributed by atoms with E-state index in [1.165, 1.54) is 24.4 Å². The minimum absolute atomic E-state index is 0.00826. The third-order valence-corrected chi connectivity index (χ3v) is 4.96. The lowest BCUT2D eigenvalue weighted by molar-refractivity contribution is -0.394. The standard InChI is InChI=1S/C20H13IN4O7/c21-16-7-3-13(9-18(16)26)20(27)23-22-11-12-1-5-15(6-2-12)32-19-8-4-14(24(28)29)10-17(19)25(30)31/h1-11,26H,(H,23,27)/b22-11+. The highest BCUT2D eigenvalue weighted by Crippen LogP contribution is 2.34. The number of halogens is 1. The number of nitro benzene ring substituents is 2. The molecule has 0 unspecified atom stereocenters. The van der Waals surface area contributed by atoms with E-state index in [1.807, 2.05) is 22.6 Å². The van der Waals surface area contributed by atoms with Gasteiger partial charge in [-0.1, -0.05) is 0 Å². The van der Waals surface area contributed by atoms with E-state index in [4.69, 9.17) is 4.74 Å². The molecular weight excluding hydrogens is 535 g/mol. The molecule has 0 aromatic heterocycles. The number of aromatic hydroxyl groups is 1. The normalized spacial score (nSPS) is 10.7. The summed E-state index contributed by atoms with van der Waals surface area (Å²) in [6.07, 6.45) is 1.38. The number of carbonyl (C=O) groups excluding carboxylic acids is 1. The van der Waals surface area contributed by atoms with Crippen LogP contribution in [0.4, 0.5) is 11.4 Å². The number of hydrazone groups is 1. The van der Waals surface area contributed by atoms with Crippen LogP contribution in [0.5, 0.6) is 17.2 Å². The van der Waals surface area contributed by atoms with Gasteiger partial charge in [0.1, 0.15) is 11.5 Å². The van der Waals surface area contributed by atoms with Gasteiger partial charge in [-0.05, 0) is 76.7 Å². The number of hydrogen-bond acceptors (Lipinski definition) is 8. The van der Waals surface area contributed by atoms with Crippen LogP contribution in [0.2, 0.25) is 0 Å². The number of phenols is 1. The number of phenolic OH excluding ortho intramolecular Hbond substituents is 1. The summed E-state index contributed by atoms with van der Waals surface area (Å²) in [4.78, 5) is 32.6. The van der Waals surface area contributed by atoms with Crippen molar-refractivity contribution in [3.05, 3.63) is 95.6 Å². The average molecular weight is 548 g/mol. The lowest BCUT2D eigenvalue weighted by Crippen LogP contribution is -2.17. The number of nitro groups is 2. The zero-order chi connectivity index (χ0) is 23.3. The molecule has 3 aromatic rings. The number of hydrogen-bond donors (Lipinski definition) is 2. The third-order valence-electron chi connectivity index (χ3n) is 4.05. The Hall–Kier alpha value is -4.07. The molecule has 3 aromatic carbocycles. The van der Waals surface area contributed by atoms with Crippen molar-refractivity contribution < 1.29 is 24.5 Å². The molecule has 0 saturated heterocycles. The van der Waals surface area contributed by atoms with Crippen LogP contribution in [-0.2, 0) is 0 Å². The molecular formula is C20H13IN4O7. The van der Waals surface area contributed by atoms with Crippen LogP contribution in [0.15, 0.2) is 65.8 Å². The molecule has 162 valence electrons. The molecule has 0 heterocycles. The van der Waals surface area contributed by atoms with Crippen molar-refractivity contribution in [2.45, 2.75) is 0 Å². The second kappa shape index (κ2) is 9.82. The van der Waals surface area contributed by atoms with E-state index in [-0.39, 0.29) is 22.8 Å². The fraction of sp³-hybridized carbons (Fsp3) is 0. The average Bonchev–Trinajstić information content (AvgIpc) is 2.76. The van der Waals surface area contributed by atoms with Crippen molar-refractivity contribution in [2.24, 2.45) is 5.10 Å². The zero-order valence-electron chi connectivity index (χ0n) is 16.0. The molecule has 0 aliphatic heterocycles. The molecule has 0 aliphatic rings. The highest BCUT2D eigenvalue weighted by Gasteiger charge is 2.21. The van der Waals surface area contributed by atoms with E-state index in [2.05, 4.69) is 10.5 Å². The summed E-state index contributed by atoms with van der Waals surface area (Å²) in [6, 6.07) is 13.8. The fourth-order valence-corrected chi connectivity index (χ4v) is 2.82. The summed E-state index contributed by atoms with van der Waals surface area (Å²) in [5, 5.41) is 35.5. The van der Waals surface area contributed by atoms with Gasteiger partial charge in [0.15, 0.2) is 0 Å². The summed E-state index contributed by atoms with van der Waals surface area (Å²) in [5.74, 6) is -0.392. The molecule has 0 saturated carbocycles. The maximum absolute atomic E-state index is 12.1. The summed E-state index contributed by atoms with van der Waals surface area (Å²) in [5.41, 5.74) is 2.23. The molecule has 11 nitrogen and oxygen atoms in total. The Balaban J connectivity index is 1.66. The fourth-order valence-electron chi connectivity index (χ4n) is 2.48. The van der Waals surface area contributed by atoms with Crippen molar-refractivity contribution >= 4 is 46.1 Å². The van der Waals surface area contributed by atoms with Gasteiger partial charge in [-0.2, -0.15) is 5.10 Å². The van der Waals surface area contributed by atoms with E-state index in [0.717, 1.165) is 18.2 Å².